The second-order valence-corrected chi connectivity index (χ2v) is 5.81. The highest BCUT2D eigenvalue weighted by atomic mass is 19.3. The number of esters is 1. The summed E-state index contributed by atoms with van der Waals surface area (Å²) in [5, 5.41) is 9.07. The van der Waals surface area contributed by atoms with Crippen LogP contribution in [-0.2, 0) is 9.53 Å². The number of alkyl halides is 2. The van der Waals surface area contributed by atoms with E-state index in [1.807, 2.05) is 0 Å². The Balaban J connectivity index is 2.10. The molecule has 0 spiro atoms. The molecule has 1 saturated heterocycles. The second-order valence-electron chi connectivity index (χ2n) is 5.81. The summed E-state index contributed by atoms with van der Waals surface area (Å²) in [6.07, 6.45) is 3.69. The minimum atomic E-state index is -2.68. The maximum absolute atomic E-state index is 13.5. The SMILES string of the molecule is CCOC(=O)CCCCCCN1CC(CO)CC(F)(F)C1. The third kappa shape index (κ3) is 7.71. The molecule has 0 bridgehead atoms. The molecule has 0 saturated carbocycles. The Kier molecular flexibility index (Phi) is 8.11. The molecule has 1 aliphatic heterocycles. The fourth-order valence-electron chi connectivity index (χ4n) is 2.79. The maximum Gasteiger partial charge on any atom is 0.305 e. The first-order chi connectivity index (χ1) is 9.96. The van der Waals surface area contributed by atoms with Gasteiger partial charge in [-0.15, -0.1) is 0 Å². The molecule has 0 radical (unpaired) electrons. The van der Waals surface area contributed by atoms with Gasteiger partial charge in [0.2, 0.25) is 0 Å². The van der Waals surface area contributed by atoms with Crippen molar-refractivity contribution in [1.29, 1.82) is 0 Å². The molecule has 21 heavy (non-hydrogen) atoms. The van der Waals surface area contributed by atoms with Crippen LogP contribution in [0.25, 0.3) is 0 Å². The number of aliphatic hydroxyl groups is 1. The third-order valence-electron chi connectivity index (χ3n) is 3.73. The molecule has 1 rings (SSSR count). The Morgan fingerprint density at radius 3 is 2.71 bits per heavy atom. The third-order valence-corrected chi connectivity index (χ3v) is 3.73. The Morgan fingerprint density at radius 1 is 1.33 bits per heavy atom. The Morgan fingerprint density at radius 2 is 2.05 bits per heavy atom. The average Bonchev–Trinajstić information content (AvgIpc) is 2.41. The van der Waals surface area contributed by atoms with Crippen LogP contribution >= 0.6 is 0 Å². The lowest BCUT2D eigenvalue weighted by Gasteiger charge is -2.36. The first-order valence-electron chi connectivity index (χ1n) is 7.83. The van der Waals surface area contributed by atoms with Crippen LogP contribution in [0.4, 0.5) is 8.78 Å². The number of rotatable bonds is 9. The van der Waals surface area contributed by atoms with E-state index in [9.17, 15) is 13.6 Å². The summed E-state index contributed by atoms with van der Waals surface area (Å²) in [7, 11) is 0. The van der Waals surface area contributed by atoms with E-state index < -0.39 is 5.92 Å². The van der Waals surface area contributed by atoms with Gasteiger partial charge in [0.15, 0.2) is 0 Å². The van der Waals surface area contributed by atoms with Crippen LogP contribution in [-0.4, -0.2) is 54.7 Å². The maximum atomic E-state index is 13.5. The van der Waals surface area contributed by atoms with Gasteiger partial charge < -0.3 is 9.84 Å². The number of likely N-dealkylation sites (tertiary alicyclic amines) is 1. The van der Waals surface area contributed by atoms with Crippen molar-refractivity contribution in [2.75, 3.05) is 32.8 Å². The molecule has 1 aliphatic rings. The molecule has 0 aromatic rings. The molecule has 1 unspecified atom stereocenters. The largest absolute Gasteiger partial charge is 0.466 e. The van der Waals surface area contributed by atoms with Gasteiger partial charge in [-0.1, -0.05) is 12.8 Å². The summed E-state index contributed by atoms with van der Waals surface area (Å²) in [6.45, 7) is 3.00. The number of ether oxygens (including phenoxy) is 1. The predicted molar refractivity (Wildman–Crippen MR) is 76.3 cm³/mol. The Labute approximate surface area is 125 Å². The molecule has 1 atom stereocenters. The number of carbonyl (C=O) groups is 1. The monoisotopic (exact) mass is 307 g/mol. The number of aliphatic hydroxyl groups excluding tert-OH is 1. The van der Waals surface area contributed by atoms with Crippen molar-refractivity contribution >= 4 is 5.97 Å². The van der Waals surface area contributed by atoms with Crippen molar-refractivity contribution in [2.45, 2.75) is 51.4 Å². The van der Waals surface area contributed by atoms with E-state index >= 15 is 0 Å². The van der Waals surface area contributed by atoms with Crippen molar-refractivity contribution in [2.24, 2.45) is 5.92 Å². The summed E-state index contributed by atoms with van der Waals surface area (Å²) in [6, 6.07) is 0. The van der Waals surface area contributed by atoms with E-state index in [1.165, 1.54) is 0 Å². The zero-order valence-electron chi connectivity index (χ0n) is 12.8. The van der Waals surface area contributed by atoms with Crippen LogP contribution in [0.2, 0.25) is 0 Å². The van der Waals surface area contributed by atoms with Gasteiger partial charge in [-0.05, 0) is 26.3 Å². The number of unbranched alkanes of at least 4 members (excludes halogenated alkanes) is 3. The fraction of sp³-hybridized carbons (Fsp3) is 0.933. The number of hydrogen-bond acceptors (Lipinski definition) is 4. The molecule has 0 amide bonds. The van der Waals surface area contributed by atoms with Crippen molar-refractivity contribution < 1.29 is 23.4 Å². The molecule has 0 aromatic carbocycles. The lowest BCUT2D eigenvalue weighted by Crippen LogP contribution is -2.48. The minimum Gasteiger partial charge on any atom is -0.466 e. The van der Waals surface area contributed by atoms with Gasteiger partial charge in [-0.2, -0.15) is 0 Å². The standard InChI is InChI=1S/C15H27F2NO3/c1-2-21-14(20)7-5-3-4-6-8-18-10-13(11-19)9-15(16,17)12-18/h13,19H,2-12H2,1H3. The molecule has 6 heteroatoms. The lowest BCUT2D eigenvalue weighted by molar-refractivity contribution is -0.143. The van der Waals surface area contributed by atoms with Crippen molar-refractivity contribution in [3.8, 4) is 0 Å². The van der Waals surface area contributed by atoms with Crippen LogP contribution in [0.5, 0.6) is 0 Å². The van der Waals surface area contributed by atoms with E-state index in [1.54, 1.807) is 11.8 Å². The van der Waals surface area contributed by atoms with Gasteiger partial charge in [0.05, 0.1) is 13.2 Å². The van der Waals surface area contributed by atoms with Gasteiger partial charge in [0.25, 0.3) is 5.92 Å². The molecular formula is C15H27F2NO3. The molecule has 1 N–H and O–H groups in total. The topological polar surface area (TPSA) is 49.8 Å². The molecule has 1 fully saturated rings. The lowest BCUT2D eigenvalue weighted by atomic mass is 9.95. The normalized spacial score (nSPS) is 22.2. The molecule has 1 heterocycles. The second kappa shape index (κ2) is 9.30. The quantitative estimate of drug-likeness (QED) is 0.525. The predicted octanol–water partition coefficient (Wildman–Crippen LogP) is 2.45. The van der Waals surface area contributed by atoms with Gasteiger partial charge in [-0.3, -0.25) is 9.69 Å². The minimum absolute atomic E-state index is 0.168. The van der Waals surface area contributed by atoms with Crippen LogP contribution in [0, 0.1) is 5.92 Å². The number of hydrogen-bond donors (Lipinski definition) is 1. The number of piperidine rings is 1. The number of nitrogens with zero attached hydrogens (tertiary/aromatic N) is 1. The van der Waals surface area contributed by atoms with Gasteiger partial charge >= 0.3 is 5.97 Å². The fourth-order valence-corrected chi connectivity index (χ4v) is 2.79. The highest BCUT2D eigenvalue weighted by molar-refractivity contribution is 5.69. The van der Waals surface area contributed by atoms with Gasteiger partial charge in [0, 0.05) is 31.9 Å². The average molecular weight is 307 g/mol. The zero-order chi connectivity index (χ0) is 15.7. The van der Waals surface area contributed by atoms with Gasteiger partial charge in [-0.25, -0.2) is 8.78 Å². The van der Waals surface area contributed by atoms with Crippen LogP contribution in [0.3, 0.4) is 0 Å². The van der Waals surface area contributed by atoms with Crippen molar-refractivity contribution in [3.63, 3.8) is 0 Å². The molecule has 124 valence electrons. The highest BCUT2D eigenvalue weighted by Gasteiger charge is 2.39. The Bertz CT molecular complexity index is 313. The van der Waals surface area contributed by atoms with Crippen LogP contribution in [0.1, 0.15) is 45.4 Å². The number of carbonyl (C=O) groups excluding carboxylic acids is 1. The number of halogens is 2. The first kappa shape index (κ1) is 18.3. The zero-order valence-corrected chi connectivity index (χ0v) is 12.8. The molecule has 0 aromatic heterocycles. The molecular weight excluding hydrogens is 280 g/mol. The highest BCUT2D eigenvalue weighted by Crippen LogP contribution is 2.30. The van der Waals surface area contributed by atoms with Crippen LogP contribution in [0.15, 0.2) is 0 Å². The van der Waals surface area contributed by atoms with E-state index in [0.717, 1.165) is 25.7 Å². The summed E-state index contributed by atoms with van der Waals surface area (Å²) >= 11 is 0. The first-order valence-corrected chi connectivity index (χ1v) is 7.83. The van der Waals surface area contributed by atoms with Crippen molar-refractivity contribution in [3.05, 3.63) is 0 Å². The summed E-state index contributed by atoms with van der Waals surface area (Å²) < 4.78 is 31.8. The van der Waals surface area contributed by atoms with E-state index in [0.29, 0.717) is 26.1 Å². The Hall–Kier alpha value is -0.750. The van der Waals surface area contributed by atoms with E-state index in [2.05, 4.69) is 0 Å². The molecule has 0 aliphatic carbocycles. The van der Waals surface area contributed by atoms with Gasteiger partial charge in [0.1, 0.15) is 0 Å². The van der Waals surface area contributed by atoms with Crippen LogP contribution < -0.4 is 0 Å². The summed E-state index contributed by atoms with van der Waals surface area (Å²) in [5.74, 6) is -3.17. The van der Waals surface area contributed by atoms with Crippen molar-refractivity contribution in [1.82, 2.24) is 4.90 Å². The van der Waals surface area contributed by atoms with E-state index in [4.69, 9.17) is 9.84 Å². The smallest absolute Gasteiger partial charge is 0.305 e. The van der Waals surface area contributed by atoms with E-state index in [-0.39, 0.29) is 31.5 Å². The molecule has 4 nitrogen and oxygen atoms in total. The summed E-state index contributed by atoms with van der Waals surface area (Å²) in [4.78, 5) is 12.9. The summed E-state index contributed by atoms with van der Waals surface area (Å²) in [5.41, 5.74) is 0.